The summed E-state index contributed by atoms with van der Waals surface area (Å²) in [6.07, 6.45) is 0. The Morgan fingerprint density at radius 2 is 1.86 bits per heavy atom. The van der Waals surface area contributed by atoms with Gasteiger partial charge in [0.05, 0.1) is 5.00 Å². The minimum atomic E-state index is 0.450. The maximum absolute atomic E-state index is 5.72. The monoisotopic (exact) mass is 204 g/mol. The molecule has 4 heteroatoms. The summed E-state index contributed by atoms with van der Waals surface area (Å²) in [7, 11) is 0. The summed E-state index contributed by atoms with van der Waals surface area (Å²) in [4.78, 5) is 0. The predicted octanol–water partition coefficient (Wildman–Crippen LogP) is 2.81. The van der Waals surface area contributed by atoms with Crippen LogP contribution in [0.15, 0.2) is 28.7 Å². The fourth-order valence-corrected chi connectivity index (χ4v) is 2.46. The maximum atomic E-state index is 5.72. The molecule has 0 radical (unpaired) electrons. The van der Waals surface area contributed by atoms with Crippen LogP contribution in [0.4, 0.5) is 10.9 Å². The minimum Gasteiger partial charge on any atom is -0.441 e. The summed E-state index contributed by atoms with van der Waals surface area (Å²) in [5, 5.41) is 2.98. The molecule has 0 atom stereocenters. The molecule has 14 heavy (non-hydrogen) atoms. The lowest BCUT2D eigenvalue weighted by Crippen LogP contribution is -1.75. The van der Waals surface area contributed by atoms with E-state index < -0.39 is 0 Å². The van der Waals surface area contributed by atoms with Crippen molar-refractivity contribution in [3.05, 3.63) is 24.3 Å². The summed E-state index contributed by atoms with van der Waals surface area (Å²) in [5.41, 5.74) is 12.1. The quantitative estimate of drug-likeness (QED) is 0.591. The number of benzene rings is 1. The highest BCUT2D eigenvalue weighted by Gasteiger charge is 2.05. The second-order valence-electron chi connectivity index (χ2n) is 3.23. The average molecular weight is 204 g/mol. The van der Waals surface area contributed by atoms with Crippen LogP contribution in [0.3, 0.4) is 0 Å². The van der Waals surface area contributed by atoms with E-state index in [1.165, 1.54) is 0 Å². The zero-order valence-electron chi connectivity index (χ0n) is 7.28. The van der Waals surface area contributed by atoms with Crippen molar-refractivity contribution in [2.45, 2.75) is 0 Å². The number of thiophene rings is 1. The van der Waals surface area contributed by atoms with Crippen LogP contribution in [0.2, 0.25) is 0 Å². The summed E-state index contributed by atoms with van der Waals surface area (Å²) >= 11 is 1.55. The molecule has 0 bridgehead atoms. The van der Waals surface area contributed by atoms with Crippen molar-refractivity contribution >= 4 is 43.3 Å². The summed E-state index contributed by atoms with van der Waals surface area (Å²) in [6.45, 7) is 0. The van der Waals surface area contributed by atoms with Crippen LogP contribution in [-0.4, -0.2) is 0 Å². The Labute approximate surface area is 83.9 Å². The molecular formula is C10H8N2OS. The first kappa shape index (κ1) is 7.70. The first-order valence-electron chi connectivity index (χ1n) is 4.20. The molecule has 0 aliphatic carbocycles. The molecule has 1 aromatic carbocycles. The van der Waals surface area contributed by atoms with E-state index in [9.17, 15) is 0 Å². The molecule has 0 aliphatic rings. The lowest BCUT2D eigenvalue weighted by atomic mass is 10.2. The van der Waals surface area contributed by atoms with Gasteiger partial charge in [-0.05, 0) is 23.6 Å². The van der Waals surface area contributed by atoms with E-state index in [1.54, 1.807) is 11.3 Å². The van der Waals surface area contributed by atoms with Crippen molar-refractivity contribution in [3.63, 3.8) is 0 Å². The van der Waals surface area contributed by atoms with E-state index >= 15 is 0 Å². The Balaban J connectivity index is 2.49. The van der Waals surface area contributed by atoms with E-state index in [1.807, 2.05) is 24.3 Å². The highest BCUT2D eigenvalue weighted by molar-refractivity contribution is 7.22. The fraction of sp³-hybridized carbons (Fsp3) is 0. The van der Waals surface area contributed by atoms with Crippen LogP contribution in [0.1, 0.15) is 0 Å². The maximum Gasteiger partial charge on any atom is 0.191 e. The van der Waals surface area contributed by atoms with Gasteiger partial charge in [-0.25, -0.2) is 0 Å². The number of nitrogen functional groups attached to an aromatic ring is 2. The van der Waals surface area contributed by atoms with Crippen molar-refractivity contribution in [3.8, 4) is 0 Å². The number of rotatable bonds is 0. The molecule has 70 valence electrons. The van der Waals surface area contributed by atoms with Crippen LogP contribution in [0.5, 0.6) is 0 Å². The summed E-state index contributed by atoms with van der Waals surface area (Å²) in [5.74, 6) is 0.450. The molecule has 0 amide bonds. The van der Waals surface area contributed by atoms with Gasteiger partial charge in [-0.2, -0.15) is 0 Å². The third-order valence-corrected chi connectivity index (χ3v) is 3.12. The summed E-state index contributed by atoms with van der Waals surface area (Å²) in [6, 6.07) is 7.80. The molecule has 4 N–H and O–H groups in total. The molecule has 0 fully saturated rings. The van der Waals surface area contributed by atoms with Crippen LogP contribution >= 0.6 is 11.3 Å². The molecule has 3 rings (SSSR count). The highest BCUT2D eigenvalue weighted by atomic mass is 32.1. The second-order valence-corrected chi connectivity index (χ2v) is 4.34. The van der Waals surface area contributed by atoms with Gasteiger partial charge in [0.15, 0.2) is 5.88 Å². The Morgan fingerprint density at radius 3 is 2.71 bits per heavy atom. The number of nitrogens with two attached hydrogens (primary N) is 2. The largest absolute Gasteiger partial charge is 0.441 e. The van der Waals surface area contributed by atoms with E-state index in [0.717, 1.165) is 26.1 Å². The van der Waals surface area contributed by atoms with Gasteiger partial charge in [-0.1, -0.05) is 0 Å². The normalized spacial score (nSPS) is 11.4. The molecule has 0 saturated carbocycles. The van der Waals surface area contributed by atoms with E-state index in [-0.39, 0.29) is 0 Å². The molecule has 0 aliphatic heterocycles. The number of hydrogen-bond donors (Lipinski definition) is 2. The van der Waals surface area contributed by atoms with Crippen LogP contribution < -0.4 is 11.5 Å². The van der Waals surface area contributed by atoms with E-state index in [2.05, 4.69) is 0 Å². The van der Waals surface area contributed by atoms with Gasteiger partial charge in [-0.15, -0.1) is 11.3 Å². The average Bonchev–Trinajstić information content (AvgIpc) is 2.59. The Hall–Kier alpha value is -1.68. The van der Waals surface area contributed by atoms with Gasteiger partial charge >= 0.3 is 0 Å². The third-order valence-electron chi connectivity index (χ3n) is 2.19. The zero-order chi connectivity index (χ0) is 9.71. The van der Waals surface area contributed by atoms with Gasteiger partial charge in [0.1, 0.15) is 5.58 Å². The molecular weight excluding hydrogens is 196 g/mol. The Morgan fingerprint density at radius 1 is 1.00 bits per heavy atom. The van der Waals surface area contributed by atoms with Crippen LogP contribution in [0.25, 0.3) is 21.1 Å². The number of fused-ring (bicyclic) bond motifs is 2. The van der Waals surface area contributed by atoms with Gasteiger partial charge < -0.3 is 15.9 Å². The van der Waals surface area contributed by atoms with E-state index in [4.69, 9.17) is 15.9 Å². The molecule has 0 unspecified atom stereocenters. The first-order valence-corrected chi connectivity index (χ1v) is 5.02. The predicted molar refractivity (Wildman–Crippen MR) is 60.4 cm³/mol. The van der Waals surface area contributed by atoms with Gasteiger partial charge in [0.25, 0.3) is 0 Å². The third kappa shape index (κ3) is 0.975. The van der Waals surface area contributed by atoms with Gasteiger partial charge in [0, 0.05) is 16.2 Å². The smallest absolute Gasteiger partial charge is 0.191 e. The number of hydrogen-bond acceptors (Lipinski definition) is 4. The van der Waals surface area contributed by atoms with Gasteiger partial charge in [0.2, 0.25) is 0 Å². The lowest BCUT2D eigenvalue weighted by Gasteiger charge is -1.88. The van der Waals surface area contributed by atoms with Crippen LogP contribution in [0, 0.1) is 0 Å². The van der Waals surface area contributed by atoms with E-state index in [0.29, 0.717) is 5.88 Å². The topological polar surface area (TPSA) is 65.2 Å². The molecule has 3 nitrogen and oxygen atoms in total. The SMILES string of the molecule is Nc1cc2cc3cc(N)sc3cc2o1. The number of anilines is 2. The Bertz CT molecular complexity index is 521. The Kier molecular flexibility index (Phi) is 1.33. The van der Waals surface area contributed by atoms with Gasteiger partial charge in [-0.3, -0.25) is 0 Å². The fourth-order valence-electron chi connectivity index (χ4n) is 1.62. The van der Waals surface area contributed by atoms with Crippen molar-refractivity contribution in [1.29, 1.82) is 0 Å². The zero-order valence-corrected chi connectivity index (χ0v) is 8.10. The first-order chi connectivity index (χ1) is 6.72. The highest BCUT2D eigenvalue weighted by Crippen LogP contribution is 2.32. The van der Waals surface area contributed by atoms with Crippen molar-refractivity contribution < 1.29 is 4.42 Å². The molecule has 0 saturated heterocycles. The molecule has 2 heterocycles. The van der Waals surface area contributed by atoms with Crippen molar-refractivity contribution in [2.75, 3.05) is 11.5 Å². The number of furan rings is 1. The molecule has 3 aromatic rings. The standard InChI is InChI=1S/C10H8N2OS/c11-9-2-5-1-6-3-10(12)14-8(6)4-7(5)13-9/h1-4H,11-12H2. The van der Waals surface area contributed by atoms with Crippen LogP contribution in [-0.2, 0) is 0 Å². The summed E-state index contributed by atoms with van der Waals surface area (Å²) < 4.78 is 6.46. The molecule has 0 spiro atoms. The van der Waals surface area contributed by atoms with Crippen molar-refractivity contribution in [1.82, 2.24) is 0 Å². The van der Waals surface area contributed by atoms with Crippen molar-refractivity contribution in [2.24, 2.45) is 0 Å². The lowest BCUT2D eigenvalue weighted by molar-refractivity contribution is 0.638. The minimum absolute atomic E-state index is 0.450. The second kappa shape index (κ2) is 2.42. The molecule has 2 aromatic heterocycles.